The van der Waals surface area contributed by atoms with E-state index >= 15 is 0 Å². The molecule has 0 aromatic heterocycles. The van der Waals surface area contributed by atoms with Crippen molar-refractivity contribution in [2.45, 2.75) is 39.0 Å². The molecule has 2 nitrogen and oxygen atoms in total. The Labute approximate surface area is 110 Å². The molecule has 1 saturated heterocycles. The molecule has 2 heteroatoms. The average molecular weight is 245 g/mol. The first-order valence-electron chi connectivity index (χ1n) is 6.86. The summed E-state index contributed by atoms with van der Waals surface area (Å²) in [6.07, 6.45) is 2.38. The number of hydrogen-bond acceptors (Lipinski definition) is 1. The Morgan fingerprint density at radius 3 is 2.56 bits per heavy atom. The van der Waals surface area contributed by atoms with E-state index in [-0.39, 0.29) is 5.91 Å². The lowest BCUT2D eigenvalue weighted by atomic mass is 9.82. The third-order valence-corrected chi connectivity index (χ3v) is 3.97. The van der Waals surface area contributed by atoms with Crippen LogP contribution in [0, 0.1) is 5.92 Å². The van der Waals surface area contributed by atoms with Crippen LogP contribution in [0.25, 0.3) is 0 Å². The van der Waals surface area contributed by atoms with Gasteiger partial charge >= 0.3 is 0 Å². The highest BCUT2D eigenvalue weighted by Gasteiger charge is 2.34. The minimum Gasteiger partial charge on any atom is -0.342 e. The molecule has 0 N–H and O–H groups in total. The fourth-order valence-corrected chi connectivity index (χ4v) is 2.75. The Morgan fingerprint density at radius 1 is 1.28 bits per heavy atom. The predicted molar refractivity (Wildman–Crippen MR) is 74.4 cm³/mol. The summed E-state index contributed by atoms with van der Waals surface area (Å²) in [6, 6.07) is 10.1. The molecule has 2 rings (SSSR count). The monoisotopic (exact) mass is 245 g/mol. The van der Waals surface area contributed by atoms with Crippen LogP contribution in [0.15, 0.2) is 30.3 Å². The third-order valence-electron chi connectivity index (χ3n) is 3.97. The maximum absolute atomic E-state index is 12.7. The summed E-state index contributed by atoms with van der Waals surface area (Å²) in [5.74, 6) is 0.898. The van der Waals surface area contributed by atoms with Gasteiger partial charge in [-0.2, -0.15) is 0 Å². The molecule has 1 fully saturated rings. The maximum Gasteiger partial charge on any atom is 0.232 e. The number of nitrogens with zero attached hydrogens (tertiary/aromatic N) is 1. The van der Waals surface area contributed by atoms with E-state index in [1.807, 2.05) is 49.1 Å². The second kappa shape index (κ2) is 5.13. The van der Waals surface area contributed by atoms with Crippen LogP contribution in [0.1, 0.15) is 39.2 Å². The van der Waals surface area contributed by atoms with Crippen LogP contribution in [0.4, 0.5) is 0 Å². The van der Waals surface area contributed by atoms with Crippen LogP contribution in [0.3, 0.4) is 0 Å². The van der Waals surface area contributed by atoms with Crippen LogP contribution in [0.2, 0.25) is 0 Å². The molecular formula is C16H23NO. The number of hydrogen-bond donors (Lipinski definition) is 0. The number of rotatable bonds is 2. The van der Waals surface area contributed by atoms with Crippen molar-refractivity contribution >= 4 is 5.91 Å². The highest BCUT2D eigenvalue weighted by molar-refractivity contribution is 5.87. The second-order valence-corrected chi connectivity index (χ2v) is 5.99. The molecule has 1 aliphatic rings. The van der Waals surface area contributed by atoms with Crippen LogP contribution in [0.5, 0.6) is 0 Å². The van der Waals surface area contributed by atoms with Crippen molar-refractivity contribution < 1.29 is 4.79 Å². The van der Waals surface area contributed by atoms with Gasteiger partial charge in [0.1, 0.15) is 0 Å². The van der Waals surface area contributed by atoms with Crippen LogP contribution >= 0.6 is 0 Å². The van der Waals surface area contributed by atoms with E-state index in [9.17, 15) is 4.79 Å². The molecule has 0 bridgehead atoms. The van der Waals surface area contributed by atoms with Gasteiger partial charge in [0.05, 0.1) is 5.41 Å². The molecule has 1 aliphatic heterocycles. The summed E-state index contributed by atoms with van der Waals surface area (Å²) in [5.41, 5.74) is 0.687. The molecule has 1 atom stereocenters. The van der Waals surface area contributed by atoms with E-state index in [2.05, 4.69) is 6.92 Å². The minimum absolute atomic E-state index is 0.264. The van der Waals surface area contributed by atoms with E-state index in [1.165, 1.54) is 6.42 Å². The van der Waals surface area contributed by atoms with E-state index in [0.717, 1.165) is 25.1 Å². The topological polar surface area (TPSA) is 20.3 Å². The lowest BCUT2D eigenvalue weighted by Gasteiger charge is -2.37. The van der Waals surface area contributed by atoms with Gasteiger partial charge in [-0.05, 0) is 38.2 Å². The third kappa shape index (κ3) is 2.58. The van der Waals surface area contributed by atoms with Gasteiger partial charge in [0.15, 0.2) is 0 Å². The van der Waals surface area contributed by atoms with Crippen molar-refractivity contribution in [3.05, 3.63) is 35.9 Å². The Morgan fingerprint density at radius 2 is 1.94 bits per heavy atom. The highest BCUT2D eigenvalue weighted by atomic mass is 16.2. The van der Waals surface area contributed by atoms with Crippen molar-refractivity contribution in [3.63, 3.8) is 0 Å². The van der Waals surface area contributed by atoms with Crippen LogP contribution < -0.4 is 0 Å². The molecule has 18 heavy (non-hydrogen) atoms. The van der Waals surface area contributed by atoms with E-state index in [4.69, 9.17) is 0 Å². The number of carbonyl (C=O) groups is 1. The van der Waals surface area contributed by atoms with Crippen molar-refractivity contribution in [2.75, 3.05) is 13.1 Å². The molecule has 1 aromatic carbocycles. The second-order valence-electron chi connectivity index (χ2n) is 5.99. The van der Waals surface area contributed by atoms with Crippen molar-refractivity contribution in [3.8, 4) is 0 Å². The van der Waals surface area contributed by atoms with Crippen LogP contribution in [-0.4, -0.2) is 23.9 Å². The first-order chi connectivity index (χ1) is 8.51. The number of piperidine rings is 1. The number of amides is 1. The van der Waals surface area contributed by atoms with Crippen molar-refractivity contribution in [1.82, 2.24) is 4.90 Å². The SMILES string of the molecule is CC1CCCN(C(=O)C(C)(C)c2ccccc2)C1. The lowest BCUT2D eigenvalue weighted by Crippen LogP contribution is -2.47. The van der Waals surface area contributed by atoms with Gasteiger partial charge in [0.25, 0.3) is 0 Å². The van der Waals surface area contributed by atoms with Gasteiger partial charge in [-0.1, -0.05) is 37.3 Å². The van der Waals surface area contributed by atoms with Gasteiger partial charge < -0.3 is 4.90 Å². The van der Waals surface area contributed by atoms with Crippen molar-refractivity contribution in [1.29, 1.82) is 0 Å². The lowest BCUT2D eigenvalue weighted by molar-refractivity contribution is -0.138. The summed E-state index contributed by atoms with van der Waals surface area (Å²) in [4.78, 5) is 14.7. The highest BCUT2D eigenvalue weighted by Crippen LogP contribution is 2.28. The first-order valence-corrected chi connectivity index (χ1v) is 6.86. The average Bonchev–Trinajstić information content (AvgIpc) is 2.39. The van der Waals surface area contributed by atoms with Crippen molar-refractivity contribution in [2.24, 2.45) is 5.92 Å². The molecule has 0 saturated carbocycles. The smallest absolute Gasteiger partial charge is 0.232 e. The predicted octanol–water partition coefficient (Wildman–Crippen LogP) is 3.22. The van der Waals surface area contributed by atoms with E-state index in [0.29, 0.717) is 5.92 Å². The summed E-state index contributed by atoms with van der Waals surface area (Å²) in [6.45, 7) is 8.12. The van der Waals surface area contributed by atoms with Gasteiger partial charge in [0, 0.05) is 13.1 Å². The first kappa shape index (κ1) is 13.1. The number of carbonyl (C=O) groups excluding carboxylic acids is 1. The van der Waals surface area contributed by atoms with Gasteiger partial charge in [-0.25, -0.2) is 0 Å². The maximum atomic E-state index is 12.7. The largest absolute Gasteiger partial charge is 0.342 e. The molecule has 0 radical (unpaired) electrons. The molecule has 0 aliphatic carbocycles. The Bertz CT molecular complexity index is 410. The van der Waals surface area contributed by atoms with E-state index < -0.39 is 5.41 Å². The molecule has 1 aromatic rings. The summed E-state index contributed by atoms with van der Waals surface area (Å²) in [5, 5.41) is 0. The molecule has 1 unspecified atom stereocenters. The zero-order chi connectivity index (χ0) is 13.2. The molecule has 0 spiro atoms. The summed E-state index contributed by atoms with van der Waals surface area (Å²) < 4.78 is 0. The number of benzene rings is 1. The van der Waals surface area contributed by atoms with Gasteiger partial charge in [-0.15, -0.1) is 0 Å². The van der Waals surface area contributed by atoms with Gasteiger partial charge in [0.2, 0.25) is 5.91 Å². The fraction of sp³-hybridized carbons (Fsp3) is 0.562. The number of likely N-dealkylation sites (tertiary alicyclic amines) is 1. The molecule has 1 amide bonds. The minimum atomic E-state index is -0.418. The fourth-order valence-electron chi connectivity index (χ4n) is 2.75. The molecular weight excluding hydrogens is 222 g/mol. The summed E-state index contributed by atoms with van der Waals surface area (Å²) in [7, 11) is 0. The van der Waals surface area contributed by atoms with E-state index in [1.54, 1.807) is 0 Å². The normalized spacial score (nSPS) is 20.8. The zero-order valence-electron chi connectivity index (χ0n) is 11.6. The Hall–Kier alpha value is -1.31. The van der Waals surface area contributed by atoms with Gasteiger partial charge in [-0.3, -0.25) is 4.79 Å². The van der Waals surface area contributed by atoms with Crippen LogP contribution in [-0.2, 0) is 10.2 Å². The zero-order valence-corrected chi connectivity index (χ0v) is 11.6. The molecule has 98 valence electrons. The Balaban J connectivity index is 2.17. The summed E-state index contributed by atoms with van der Waals surface area (Å²) >= 11 is 0. The standard InChI is InChI=1S/C16H23NO/c1-13-8-7-11-17(12-13)15(18)16(2,3)14-9-5-4-6-10-14/h4-6,9-10,13H,7-8,11-12H2,1-3H3. The quantitative estimate of drug-likeness (QED) is 0.783. The molecule has 1 heterocycles. The Kier molecular flexibility index (Phi) is 3.74.